The molecule has 0 fully saturated rings. The van der Waals surface area contributed by atoms with Gasteiger partial charge in [-0.25, -0.2) is 0 Å². The second-order valence-corrected chi connectivity index (χ2v) is 2.72. The van der Waals surface area contributed by atoms with Crippen molar-refractivity contribution < 1.29 is 4.74 Å². The van der Waals surface area contributed by atoms with Crippen LogP contribution >= 0.6 is 0 Å². The summed E-state index contributed by atoms with van der Waals surface area (Å²) in [4.78, 5) is 0. The Morgan fingerprint density at radius 3 is 2.17 bits per heavy atom. The van der Waals surface area contributed by atoms with Crippen LogP contribution < -0.4 is 5.32 Å². The summed E-state index contributed by atoms with van der Waals surface area (Å²) >= 11 is 0. The maximum Gasteiger partial charge on any atom is 0.0590 e. The lowest BCUT2D eigenvalue weighted by Gasteiger charge is -2.07. The van der Waals surface area contributed by atoms with Crippen molar-refractivity contribution in [3.63, 3.8) is 0 Å². The maximum absolute atomic E-state index is 5.27. The lowest BCUT2D eigenvalue weighted by Crippen LogP contribution is -2.26. The molecule has 0 radical (unpaired) electrons. The van der Waals surface area contributed by atoms with Gasteiger partial charge in [0.05, 0.1) is 6.61 Å². The molecule has 0 saturated heterocycles. The van der Waals surface area contributed by atoms with Gasteiger partial charge in [0.1, 0.15) is 0 Å². The van der Waals surface area contributed by atoms with E-state index in [-0.39, 0.29) is 0 Å². The molecule has 0 unspecified atom stereocenters. The molecular weight excluding hydrogens is 150 g/mol. The number of hydrogen-bond acceptors (Lipinski definition) is 2. The molecule has 0 aromatic rings. The maximum atomic E-state index is 5.27. The van der Waals surface area contributed by atoms with Crippen LogP contribution in [0.1, 0.15) is 41.0 Å². The monoisotopic (exact) mass is 175 g/mol. The van der Waals surface area contributed by atoms with Gasteiger partial charge in [-0.15, -0.1) is 0 Å². The first kappa shape index (κ1) is 14.4. The molecule has 0 aromatic heterocycles. The van der Waals surface area contributed by atoms with E-state index in [9.17, 15) is 0 Å². The third-order valence-electron chi connectivity index (χ3n) is 1.15. The lowest BCUT2D eigenvalue weighted by molar-refractivity contribution is 0.135. The van der Waals surface area contributed by atoms with E-state index in [1.165, 1.54) is 0 Å². The molecule has 0 amide bonds. The van der Waals surface area contributed by atoms with Gasteiger partial charge in [0.15, 0.2) is 0 Å². The van der Waals surface area contributed by atoms with E-state index in [2.05, 4.69) is 26.1 Å². The van der Waals surface area contributed by atoms with Crippen LogP contribution in [0.3, 0.4) is 0 Å². The van der Waals surface area contributed by atoms with E-state index in [1.54, 1.807) is 0 Å². The smallest absolute Gasteiger partial charge is 0.0590 e. The minimum absolute atomic E-state index is 0.574. The third kappa shape index (κ3) is 16.5. The van der Waals surface area contributed by atoms with Crippen molar-refractivity contribution >= 4 is 0 Å². The average Bonchev–Trinajstić information content (AvgIpc) is 2.07. The summed E-state index contributed by atoms with van der Waals surface area (Å²) in [6, 6.07) is 0.574. The molecule has 0 rings (SSSR count). The van der Waals surface area contributed by atoms with E-state index < -0.39 is 0 Å². The number of ether oxygens (including phenoxy) is 1. The highest BCUT2D eigenvalue weighted by Gasteiger charge is 1.89. The second kappa shape index (κ2) is 13.5. The van der Waals surface area contributed by atoms with Crippen LogP contribution in [0.5, 0.6) is 0 Å². The summed E-state index contributed by atoms with van der Waals surface area (Å²) in [5.74, 6) is 0. The van der Waals surface area contributed by atoms with Gasteiger partial charge in [-0.05, 0) is 6.42 Å². The van der Waals surface area contributed by atoms with Gasteiger partial charge in [-0.1, -0.05) is 34.6 Å². The van der Waals surface area contributed by atoms with Crippen LogP contribution in [-0.2, 0) is 4.74 Å². The van der Waals surface area contributed by atoms with E-state index in [0.717, 1.165) is 26.2 Å². The second-order valence-electron chi connectivity index (χ2n) is 2.72. The summed E-state index contributed by atoms with van der Waals surface area (Å²) < 4.78 is 5.27. The quantitative estimate of drug-likeness (QED) is 0.626. The van der Waals surface area contributed by atoms with Crippen molar-refractivity contribution in [2.24, 2.45) is 0 Å². The van der Waals surface area contributed by atoms with E-state index in [4.69, 9.17) is 4.74 Å². The van der Waals surface area contributed by atoms with Crippen LogP contribution in [0, 0.1) is 0 Å². The zero-order chi connectivity index (χ0) is 9.82. The highest BCUT2D eigenvalue weighted by atomic mass is 16.5. The first-order valence-corrected chi connectivity index (χ1v) is 5.08. The fourth-order valence-corrected chi connectivity index (χ4v) is 0.666. The number of rotatable bonds is 6. The van der Waals surface area contributed by atoms with Gasteiger partial charge in [0.25, 0.3) is 0 Å². The molecule has 0 aliphatic heterocycles. The van der Waals surface area contributed by atoms with E-state index in [1.807, 2.05) is 13.8 Å². The summed E-state index contributed by atoms with van der Waals surface area (Å²) in [6.07, 6.45) is 1.11. The van der Waals surface area contributed by atoms with Crippen molar-refractivity contribution in [1.29, 1.82) is 0 Å². The molecule has 0 aromatic carbocycles. The average molecular weight is 175 g/mol. The van der Waals surface area contributed by atoms with Gasteiger partial charge < -0.3 is 10.1 Å². The largest absolute Gasteiger partial charge is 0.380 e. The normalized spacial score (nSPS) is 9.50. The minimum Gasteiger partial charge on any atom is -0.380 e. The van der Waals surface area contributed by atoms with Crippen molar-refractivity contribution in [2.75, 3.05) is 19.8 Å². The Hall–Kier alpha value is -0.0800. The summed E-state index contributed by atoms with van der Waals surface area (Å²) in [6.45, 7) is 13.1. The topological polar surface area (TPSA) is 21.3 Å². The fraction of sp³-hybridized carbons (Fsp3) is 1.00. The molecule has 0 heterocycles. The Bertz CT molecular complexity index is 64.9. The molecule has 0 spiro atoms. The molecule has 0 aliphatic rings. The van der Waals surface area contributed by atoms with Crippen molar-refractivity contribution in [1.82, 2.24) is 5.32 Å². The van der Waals surface area contributed by atoms with Crippen molar-refractivity contribution in [3.8, 4) is 0 Å². The van der Waals surface area contributed by atoms with Crippen LogP contribution in [-0.4, -0.2) is 25.8 Å². The van der Waals surface area contributed by atoms with Crippen LogP contribution in [0.25, 0.3) is 0 Å². The van der Waals surface area contributed by atoms with E-state index >= 15 is 0 Å². The number of nitrogens with one attached hydrogen (secondary N) is 1. The van der Waals surface area contributed by atoms with Gasteiger partial charge >= 0.3 is 0 Å². The predicted octanol–water partition coefficient (Wildman–Crippen LogP) is 2.44. The van der Waals surface area contributed by atoms with Gasteiger partial charge in [-0.2, -0.15) is 0 Å². The Morgan fingerprint density at radius 1 is 1.17 bits per heavy atom. The van der Waals surface area contributed by atoms with Crippen molar-refractivity contribution in [2.45, 2.75) is 47.1 Å². The predicted molar refractivity (Wildman–Crippen MR) is 55.6 cm³/mol. The molecule has 2 nitrogen and oxygen atoms in total. The highest BCUT2D eigenvalue weighted by molar-refractivity contribution is 4.50. The zero-order valence-electron chi connectivity index (χ0n) is 9.31. The van der Waals surface area contributed by atoms with Crippen LogP contribution in [0.4, 0.5) is 0 Å². The van der Waals surface area contributed by atoms with Gasteiger partial charge in [-0.3, -0.25) is 0 Å². The first-order chi connectivity index (χ1) is 5.77. The lowest BCUT2D eigenvalue weighted by atomic mass is 10.4. The molecule has 1 N–H and O–H groups in total. The molecular formula is C10H25NO. The Kier molecular flexibility index (Phi) is 16.3. The molecule has 0 aliphatic carbocycles. The molecule has 0 bridgehead atoms. The Balaban J connectivity index is 0. The first-order valence-electron chi connectivity index (χ1n) is 5.08. The van der Waals surface area contributed by atoms with Gasteiger partial charge in [0.2, 0.25) is 0 Å². The molecule has 76 valence electrons. The van der Waals surface area contributed by atoms with Crippen molar-refractivity contribution in [3.05, 3.63) is 0 Å². The standard InChI is InChI=1S/C8H19NO.C2H6/c1-4-6-10-7-5-9-8(2)3;1-2/h8-9H,4-7H2,1-3H3;1-2H3. The summed E-state index contributed by atoms with van der Waals surface area (Å²) in [5.41, 5.74) is 0. The zero-order valence-corrected chi connectivity index (χ0v) is 9.31. The molecule has 12 heavy (non-hydrogen) atoms. The Morgan fingerprint density at radius 2 is 1.75 bits per heavy atom. The van der Waals surface area contributed by atoms with Crippen LogP contribution in [0.15, 0.2) is 0 Å². The fourth-order valence-electron chi connectivity index (χ4n) is 0.666. The molecule has 0 atom stereocenters. The Labute approximate surface area is 77.7 Å². The number of hydrogen-bond donors (Lipinski definition) is 1. The molecule has 0 saturated carbocycles. The SMILES string of the molecule is CC.CCCOCCNC(C)C. The highest BCUT2D eigenvalue weighted by Crippen LogP contribution is 1.79. The summed E-state index contributed by atoms with van der Waals surface area (Å²) in [5, 5.41) is 3.28. The molecule has 2 heteroatoms. The van der Waals surface area contributed by atoms with E-state index in [0.29, 0.717) is 6.04 Å². The summed E-state index contributed by atoms with van der Waals surface area (Å²) in [7, 11) is 0. The third-order valence-corrected chi connectivity index (χ3v) is 1.15. The van der Waals surface area contributed by atoms with Crippen LogP contribution in [0.2, 0.25) is 0 Å². The van der Waals surface area contributed by atoms with Gasteiger partial charge in [0, 0.05) is 19.2 Å². The minimum atomic E-state index is 0.574.